The van der Waals surface area contributed by atoms with E-state index in [-0.39, 0.29) is 0 Å². The number of hydrogen-bond acceptors (Lipinski definition) is 2. The zero-order chi connectivity index (χ0) is 11.9. The van der Waals surface area contributed by atoms with Crippen LogP contribution in [0.4, 0.5) is 0 Å². The summed E-state index contributed by atoms with van der Waals surface area (Å²) in [7, 11) is 1.75. The molecule has 0 bridgehead atoms. The van der Waals surface area contributed by atoms with Crippen molar-refractivity contribution in [3.8, 4) is 0 Å². The molecule has 0 aliphatic heterocycles. The highest BCUT2D eigenvalue weighted by atomic mass is 16.5. The summed E-state index contributed by atoms with van der Waals surface area (Å²) in [5.74, 6) is 1.77. The minimum Gasteiger partial charge on any atom is -0.383 e. The molecule has 2 unspecified atom stereocenters. The van der Waals surface area contributed by atoms with Gasteiger partial charge in [0.05, 0.1) is 6.61 Å². The molecule has 0 amide bonds. The molecule has 2 atom stereocenters. The van der Waals surface area contributed by atoms with Gasteiger partial charge in [-0.05, 0) is 43.2 Å². The summed E-state index contributed by atoms with van der Waals surface area (Å²) in [4.78, 5) is 0. The summed E-state index contributed by atoms with van der Waals surface area (Å²) in [5, 5.41) is 3.40. The van der Waals surface area contributed by atoms with Gasteiger partial charge in [-0.2, -0.15) is 0 Å². The molecule has 1 aromatic carbocycles. The molecule has 1 fully saturated rings. The number of benzene rings is 1. The van der Waals surface area contributed by atoms with Gasteiger partial charge in [0, 0.05) is 13.7 Å². The largest absolute Gasteiger partial charge is 0.383 e. The third-order valence-electron chi connectivity index (χ3n) is 3.56. The summed E-state index contributed by atoms with van der Waals surface area (Å²) in [6, 6.07) is 10.9. The normalized spacial score (nSPS) is 22.6. The Morgan fingerprint density at radius 2 is 2.06 bits per heavy atom. The van der Waals surface area contributed by atoms with Crippen LogP contribution >= 0.6 is 0 Å². The molecular formula is C15H23NO. The van der Waals surface area contributed by atoms with Gasteiger partial charge in [0.1, 0.15) is 0 Å². The van der Waals surface area contributed by atoms with Gasteiger partial charge >= 0.3 is 0 Å². The quantitative estimate of drug-likeness (QED) is 0.697. The van der Waals surface area contributed by atoms with E-state index in [0.29, 0.717) is 0 Å². The van der Waals surface area contributed by atoms with Gasteiger partial charge in [0.15, 0.2) is 0 Å². The number of ether oxygens (including phenoxy) is 1. The van der Waals surface area contributed by atoms with Gasteiger partial charge in [-0.3, -0.25) is 0 Å². The van der Waals surface area contributed by atoms with Crippen LogP contribution in [0.2, 0.25) is 0 Å². The lowest BCUT2D eigenvalue weighted by atomic mass is 10.1. The van der Waals surface area contributed by atoms with E-state index in [2.05, 4.69) is 35.6 Å². The molecule has 1 saturated carbocycles. The third-order valence-corrected chi connectivity index (χ3v) is 3.56. The van der Waals surface area contributed by atoms with E-state index < -0.39 is 0 Å². The topological polar surface area (TPSA) is 21.3 Å². The van der Waals surface area contributed by atoms with Crippen LogP contribution in [0.25, 0.3) is 0 Å². The fourth-order valence-corrected chi connectivity index (χ4v) is 2.46. The van der Waals surface area contributed by atoms with E-state index in [4.69, 9.17) is 4.74 Å². The fraction of sp³-hybridized carbons (Fsp3) is 0.600. The molecule has 1 aliphatic rings. The molecule has 0 heterocycles. The van der Waals surface area contributed by atoms with Crippen LogP contribution in [0.5, 0.6) is 0 Å². The molecule has 0 spiro atoms. The standard InChI is InChI=1S/C15H23NO/c1-17-11-10-16-9-5-8-14-12-15(14)13-6-3-2-4-7-13/h2-4,6-7,14-16H,5,8-12H2,1H3. The third kappa shape index (κ3) is 4.14. The maximum atomic E-state index is 4.99. The molecule has 1 aromatic rings. The second kappa shape index (κ2) is 6.77. The highest BCUT2D eigenvalue weighted by Gasteiger charge is 2.36. The molecule has 2 heteroatoms. The molecule has 0 saturated heterocycles. The molecule has 2 nitrogen and oxygen atoms in total. The van der Waals surface area contributed by atoms with E-state index in [9.17, 15) is 0 Å². The minimum atomic E-state index is 0.816. The van der Waals surface area contributed by atoms with Crippen molar-refractivity contribution in [3.63, 3.8) is 0 Å². The summed E-state index contributed by atoms with van der Waals surface area (Å²) < 4.78 is 4.99. The number of methoxy groups -OCH3 is 1. The zero-order valence-corrected chi connectivity index (χ0v) is 10.7. The molecule has 17 heavy (non-hydrogen) atoms. The zero-order valence-electron chi connectivity index (χ0n) is 10.7. The Kier molecular flexibility index (Phi) is 5.02. The van der Waals surface area contributed by atoms with E-state index in [1.807, 2.05) is 0 Å². The van der Waals surface area contributed by atoms with Crippen LogP contribution in [-0.2, 0) is 4.74 Å². The van der Waals surface area contributed by atoms with Crippen LogP contribution in [0.1, 0.15) is 30.7 Å². The first-order valence-electron chi connectivity index (χ1n) is 6.66. The smallest absolute Gasteiger partial charge is 0.0587 e. The lowest BCUT2D eigenvalue weighted by Gasteiger charge is -2.04. The van der Waals surface area contributed by atoms with Crippen LogP contribution in [-0.4, -0.2) is 26.8 Å². The number of hydrogen-bond donors (Lipinski definition) is 1. The molecule has 94 valence electrons. The Balaban J connectivity index is 1.55. The van der Waals surface area contributed by atoms with Gasteiger partial charge in [-0.25, -0.2) is 0 Å². The Morgan fingerprint density at radius 3 is 2.82 bits per heavy atom. The van der Waals surface area contributed by atoms with Gasteiger partial charge in [0.25, 0.3) is 0 Å². The minimum absolute atomic E-state index is 0.816. The van der Waals surface area contributed by atoms with E-state index in [0.717, 1.165) is 31.5 Å². The van der Waals surface area contributed by atoms with Crippen LogP contribution < -0.4 is 5.32 Å². The number of nitrogens with one attached hydrogen (secondary N) is 1. The number of rotatable bonds is 8. The Bertz CT molecular complexity index is 312. The van der Waals surface area contributed by atoms with Crippen molar-refractivity contribution in [1.82, 2.24) is 5.32 Å². The monoisotopic (exact) mass is 233 g/mol. The van der Waals surface area contributed by atoms with E-state index in [1.54, 1.807) is 7.11 Å². The molecule has 0 radical (unpaired) electrons. The van der Waals surface area contributed by atoms with E-state index >= 15 is 0 Å². The van der Waals surface area contributed by atoms with Crippen molar-refractivity contribution < 1.29 is 4.74 Å². The maximum absolute atomic E-state index is 4.99. The molecule has 1 aliphatic carbocycles. The first-order valence-corrected chi connectivity index (χ1v) is 6.66. The predicted octanol–water partition coefficient (Wildman–Crippen LogP) is 2.81. The Labute approximate surface area is 104 Å². The highest BCUT2D eigenvalue weighted by molar-refractivity contribution is 5.25. The molecular weight excluding hydrogens is 210 g/mol. The average molecular weight is 233 g/mol. The second-order valence-corrected chi connectivity index (χ2v) is 4.90. The van der Waals surface area contributed by atoms with Crippen LogP contribution in [0, 0.1) is 5.92 Å². The van der Waals surface area contributed by atoms with Crippen molar-refractivity contribution in [2.45, 2.75) is 25.2 Å². The maximum Gasteiger partial charge on any atom is 0.0587 e. The van der Waals surface area contributed by atoms with Crippen molar-refractivity contribution >= 4 is 0 Å². The Morgan fingerprint density at radius 1 is 1.24 bits per heavy atom. The van der Waals surface area contributed by atoms with Crippen LogP contribution in [0.15, 0.2) is 30.3 Å². The van der Waals surface area contributed by atoms with Crippen LogP contribution in [0.3, 0.4) is 0 Å². The summed E-state index contributed by atoms with van der Waals surface area (Å²) in [6.07, 6.45) is 4.04. The lowest BCUT2D eigenvalue weighted by molar-refractivity contribution is 0.199. The van der Waals surface area contributed by atoms with Crippen molar-refractivity contribution in [2.24, 2.45) is 5.92 Å². The molecule has 2 rings (SSSR count). The van der Waals surface area contributed by atoms with Gasteiger partial charge in [-0.15, -0.1) is 0 Å². The molecule has 0 aromatic heterocycles. The lowest BCUT2D eigenvalue weighted by Crippen LogP contribution is -2.20. The first kappa shape index (κ1) is 12.6. The summed E-state index contributed by atoms with van der Waals surface area (Å²) in [6.45, 7) is 2.92. The summed E-state index contributed by atoms with van der Waals surface area (Å²) in [5.41, 5.74) is 1.53. The predicted molar refractivity (Wildman–Crippen MR) is 71.3 cm³/mol. The van der Waals surface area contributed by atoms with Crippen molar-refractivity contribution in [1.29, 1.82) is 0 Å². The SMILES string of the molecule is COCCNCCCC1CC1c1ccccc1. The van der Waals surface area contributed by atoms with Crippen molar-refractivity contribution in [3.05, 3.63) is 35.9 Å². The van der Waals surface area contributed by atoms with E-state index in [1.165, 1.54) is 24.8 Å². The average Bonchev–Trinajstić information content (AvgIpc) is 3.14. The summed E-state index contributed by atoms with van der Waals surface area (Å²) >= 11 is 0. The second-order valence-electron chi connectivity index (χ2n) is 4.90. The molecule has 1 N–H and O–H groups in total. The van der Waals surface area contributed by atoms with Gasteiger partial charge < -0.3 is 10.1 Å². The van der Waals surface area contributed by atoms with Gasteiger partial charge in [-0.1, -0.05) is 30.3 Å². The highest BCUT2D eigenvalue weighted by Crippen LogP contribution is 2.49. The fourth-order valence-electron chi connectivity index (χ4n) is 2.46. The van der Waals surface area contributed by atoms with Crippen molar-refractivity contribution in [2.75, 3.05) is 26.8 Å². The van der Waals surface area contributed by atoms with Gasteiger partial charge in [0.2, 0.25) is 0 Å². The Hall–Kier alpha value is -0.860. The first-order chi connectivity index (χ1) is 8.42.